The average Bonchev–Trinajstić information content (AvgIpc) is 2.50. The number of rotatable bonds is 4. The maximum atomic E-state index is 12.5. The molecule has 1 aliphatic rings. The summed E-state index contributed by atoms with van der Waals surface area (Å²) in [6.07, 6.45) is 0. The van der Waals surface area contributed by atoms with Gasteiger partial charge in [0, 0.05) is 11.1 Å². The molecule has 0 radical (unpaired) electrons. The zero-order valence-electron chi connectivity index (χ0n) is 13.8. The number of anilines is 1. The number of carbonyl (C=O) groups is 1. The van der Waals surface area contributed by atoms with Crippen molar-refractivity contribution in [3.05, 3.63) is 22.7 Å². The highest BCUT2D eigenvalue weighted by Crippen LogP contribution is 2.30. The van der Waals surface area contributed by atoms with E-state index in [4.69, 9.17) is 16.3 Å². The van der Waals surface area contributed by atoms with Crippen LogP contribution in [0.15, 0.2) is 12.1 Å². The fraction of sp³-hybridized carbons (Fsp3) is 0.562. The number of methoxy groups -OCH3 is 1. The quantitative estimate of drug-likeness (QED) is 0.691. The molecule has 5 nitrogen and oxygen atoms in total. The van der Waals surface area contributed by atoms with E-state index in [1.165, 1.54) is 9.80 Å². The second-order valence-electron chi connectivity index (χ2n) is 6.13. The van der Waals surface area contributed by atoms with Gasteiger partial charge in [-0.05, 0) is 25.5 Å². The first kappa shape index (κ1) is 17.1. The number of aryl methyl sites for hydroxylation is 1. The molecule has 0 bridgehead atoms. The lowest BCUT2D eigenvalue weighted by atomic mass is 10.1. The van der Waals surface area contributed by atoms with Crippen LogP contribution in [0.5, 0.6) is 5.75 Å². The molecule has 1 fully saturated rings. The normalized spacial score (nSPS) is 23.0. The fourth-order valence-electron chi connectivity index (χ4n) is 2.79. The maximum absolute atomic E-state index is 12.5. The fourth-order valence-corrected chi connectivity index (χ4v) is 2.94. The van der Waals surface area contributed by atoms with Gasteiger partial charge in [-0.25, -0.2) is 0 Å². The number of quaternary nitrogens is 2. The smallest absolute Gasteiger partial charge is 0.282 e. The Morgan fingerprint density at radius 3 is 2.55 bits per heavy atom. The minimum Gasteiger partial charge on any atom is -0.495 e. The molecule has 0 saturated carbocycles. The molecular formula is C16H26ClN3O2+2. The van der Waals surface area contributed by atoms with Gasteiger partial charge in [0.1, 0.15) is 31.9 Å². The van der Waals surface area contributed by atoms with Crippen LogP contribution < -0.4 is 19.9 Å². The predicted octanol–water partition coefficient (Wildman–Crippen LogP) is -0.603. The molecule has 0 spiro atoms. The van der Waals surface area contributed by atoms with E-state index in [-0.39, 0.29) is 11.9 Å². The van der Waals surface area contributed by atoms with Gasteiger partial charge in [-0.15, -0.1) is 0 Å². The van der Waals surface area contributed by atoms with Crippen LogP contribution in [0.3, 0.4) is 0 Å². The molecule has 22 heavy (non-hydrogen) atoms. The molecule has 0 unspecified atom stereocenters. The second-order valence-corrected chi connectivity index (χ2v) is 6.54. The molecule has 1 heterocycles. The van der Waals surface area contributed by atoms with Crippen LogP contribution >= 0.6 is 11.6 Å². The molecule has 122 valence electrons. The Balaban J connectivity index is 2.06. The second kappa shape index (κ2) is 7.31. The summed E-state index contributed by atoms with van der Waals surface area (Å²) in [5.74, 6) is 0.614. The van der Waals surface area contributed by atoms with E-state index in [0.29, 0.717) is 16.5 Å². The minimum absolute atomic E-state index is 0.0228. The molecule has 2 rings (SSSR count). The topological polar surface area (TPSA) is 47.2 Å². The van der Waals surface area contributed by atoms with Crippen LogP contribution in [0.25, 0.3) is 0 Å². The third kappa shape index (κ3) is 3.91. The van der Waals surface area contributed by atoms with Crippen LogP contribution in [0.2, 0.25) is 5.02 Å². The molecule has 6 heteroatoms. The van der Waals surface area contributed by atoms with Crippen molar-refractivity contribution in [2.24, 2.45) is 0 Å². The number of likely N-dealkylation sites (N-methyl/N-ethyl adjacent to an activating group) is 1. The van der Waals surface area contributed by atoms with E-state index in [0.717, 1.165) is 31.7 Å². The van der Waals surface area contributed by atoms with Gasteiger partial charge in [-0.2, -0.15) is 0 Å². The summed E-state index contributed by atoms with van der Waals surface area (Å²) in [5.41, 5.74) is 1.60. The summed E-state index contributed by atoms with van der Waals surface area (Å²) >= 11 is 6.10. The van der Waals surface area contributed by atoms with Crippen molar-refractivity contribution in [2.75, 3.05) is 45.7 Å². The molecule has 1 saturated heterocycles. The number of piperazine rings is 1. The molecular weight excluding hydrogens is 302 g/mol. The van der Waals surface area contributed by atoms with Gasteiger partial charge >= 0.3 is 0 Å². The van der Waals surface area contributed by atoms with E-state index in [2.05, 4.69) is 12.4 Å². The molecule has 1 aromatic rings. The first-order valence-electron chi connectivity index (χ1n) is 7.73. The van der Waals surface area contributed by atoms with Crippen LogP contribution in [-0.2, 0) is 4.79 Å². The van der Waals surface area contributed by atoms with Crippen molar-refractivity contribution in [3.63, 3.8) is 0 Å². The van der Waals surface area contributed by atoms with Gasteiger partial charge in [0.05, 0.1) is 19.8 Å². The molecule has 0 aliphatic carbocycles. The highest BCUT2D eigenvalue weighted by Gasteiger charge is 2.30. The Bertz CT molecular complexity index is 542. The molecule has 1 aliphatic heterocycles. The standard InChI is InChI=1S/C16H24ClN3O2/c1-11-9-14(15(22-4)10-13(11)17)18-16(21)12(2)20-7-5-19(3)6-8-20/h9-10,12H,5-8H2,1-4H3,(H,18,21)/p+2/t12-/m0/s1. The number of halogens is 1. The Labute approximate surface area is 137 Å². The van der Waals surface area contributed by atoms with Crippen LogP contribution in [0, 0.1) is 6.92 Å². The van der Waals surface area contributed by atoms with E-state index in [9.17, 15) is 4.79 Å². The SMILES string of the molecule is COc1cc(Cl)c(C)cc1NC(=O)[C@H](C)[NH+]1CC[NH+](C)CC1. The Hall–Kier alpha value is -1.30. The van der Waals surface area contributed by atoms with Gasteiger partial charge < -0.3 is 19.9 Å². The number of carbonyl (C=O) groups excluding carboxylic acids is 1. The lowest BCUT2D eigenvalue weighted by Crippen LogP contribution is -3.29. The lowest BCUT2D eigenvalue weighted by Gasteiger charge is -2.31. The van der Waals surface area contributed by atoms with Crippen molar-refractivity contribution in [1.82, 2.24) is 0 Å². The van der Waals surface area contributed by atoms with E-state index >= 15 is 0 Å². The summed E-state index contributed by atoms with van der Waals surface area (Å²) < 4.78 is 5.31. The molecule has 3 N–H and O–H groups in total. The summed E-state index contributed by atoms with van der Waals surface area (Å²) in [5, 5.41) is 3.62. The minimum atomic E-state index is -0.0752. The Kier molecular flexibility index (Phi) is 5.67. The molecule has 1 aromatic carbocycles. The van der Waals surface area contributed by atoms with Crippen LogP contribution in [0.1, 0.15) is 12.5 Å². The summed E-state index contributed by atoms with van der Waals surface area (Å²) in [7, 11) is 3.78. The summed E-state index contributed by atoms with van der Waals surface area (Å²) in [6.45, 7) is 8.16. The monoisotopic (exact) mass is 327 g/mol. The third-order valence-electron chi connectivity index (χ3n) is 4.49. The van der Waals surface area contributed by atoms with Crippen molar-refractivity contribution < 1.29 is 19.3 Å². The van der Waals surface area contributed by atoms with Crippen molar-refractivity contribution in [1.29, 1.82) is 0 Å². The van der Waals surface area contributed by atoms with Gasteiger partial charge in [0.2, 0.25) is 0 Å². The number of nitrogens with one attached hydrogen (secondary N) is 3. The zero-order valence-corrected chi connectivity index (χ0v) is 14.5. The van der Waals surface area contributed by atoms with Gasteiger partial charge in [-0.1, -0.05) is 11.6 Å². The highest BCUT2D eigenvalue weighted by atomic mass is 35.5. The first-order valence-corrected chi connectivity index (χ1v) is 8.11. The highest BCUT2D eigenvalue weighted by molar-refractivity contribution is 6.31. The molecule has 1 atom stereocenters. The van der Waals surface area contributed by atoms with Crippen molar-refractivity contribution in [2.45, 2.75) is 19.9 Å². The number of amides is 1. The third-order valence-corrected chi connectivity index (χ3v) is 4.90. The number of hydrogen-bond donors (Lipinski definition) is 3. The zero-order chi connectivity index (χ0) is 16.3. The van der Waals surface area contributed by atoms with Gasteiger partial charge in [0.15, 0.2) is 6.04 Å². The van der Waals surface area contributed by atoms with Crippen molar-refractivity contribution in [3.8, 4) is 5.75 Å². The molecule has 0 aromatic heterocycles. The van der Waals surface area contributed by atoms with E-state index < -0.39 is 0 Å². The van der Waals surface area contributed by atoms with E-state index in [1.54, 1.807) is 13.2 Å². The van der Waals surface area contributed by atoms with E-state index in [1.807, 2.05) is 19.9 Å². The number of ether oxygens (including phenoxy) is 1. The average molecular weight is 328 g/mol. The van der Waals surface area contributed by atoms with Crippen LogP contribution in [0.4, 0.5) is 5.69 Å². The van der Waals surface area contributed by atoms with Gasteiger partial charge in [-0.3, -0.25) is 4.79 Å². The first-order chi connectivity index (χ1) is 10.4. The number of hydrogen-bond acceptors (Lipinski definition) is 2. The Morgan fingerprint density at radius 1 is 1.32 bits per heavy atom. The van der Waals surface area contributed by atoms with Gasteiger partial charge in [0.25, 0.3) is 5.91 Å². The predicted molar refractivity (Wildman–Crippen MR) is 88.2 cm³/mol. The Morgan fingerprint density at radius 2 is 1.95 bits per heavy atom. The molecule has 1 amide bonds. The summed E-state index contributed by atoms with van der Waals surface area (Å²) in [6, 6.07) is 3.52. The summed E-state index contributed by atoms with van der Waals surface area (Å²) in [4.78, 5) is 15.4. The number of benzene rings is 1. The van der Waals surface area contributed by atoms with Crippen molar-refractivity contribution >= 4 is 23.2 Å². The largest absolute Gasteiger partial charge is 0.495 e. The van der Waals surface area contributed by atoms with Crippen LogP contribution in [-0.4, -0.2) is 52.3 Å². The maximum Gasteiger partial charge on any atom is 0.282 e. The lowest BCUT2D eigenvalue weighted by molar-refractivity contribution is -1.01.